The van der Waals surface area contributed by atoms with Gasteiger partial charge in [-0.25, -0.2) is 4.79 Å². The molecule has 1 saturated heterocycles. The standard InChI is InChI=1S/C47H63N3O10/c1-25(2)14-13-19-45(9)20-18-30-38(58-45)29(16-15-26(3)4)40-35(39(30)57-23-12-11-22-51)37(52)36-34(33(28(6)48)42(49)50-55)31-24-32-44(7,8)60-46(41(31)53,47(32,36)59-40)21-17-27(5)43(54)56-10/h14-15,17-18,20,31-34,36,51,55H,6,11-13,16,19,21-24,48H2,1-5,7-10H3,(H2,49,50)/b27-17-. The zero-order chi connectivity index (χ0) is 44.1. The average molecular weight is 830 g/mol. The van der Waals surface area contributed by atoms with Gasteiger partial charge in [0.2, 0.25) is 0 Å². The quantitative estimate of drug-likeness (QED) is 0.0196. The molecule has 8 atom stereocenters. The topological polar surface area (TPSA) is 202 Å². The number of hydrogen-bond acceptors (Lipinski definition) is 12. The number of ketones is 2. The molecule has 0 radical (unpaired) electrons. The third-order valence-electron chi connectivity index (χ3n) is 13.3. The third kappa shape index (κ3) is 7.14. The maximum Gasteiger partial charge on any atom is 0.333 e. The number of aliphatic hydroxyl groups is 1. The number of carbonyl (C=O) groups excluding carboxylic acids is 3. The molecular weight excluding hydrogens is 767 g/mol. The van der Waals surface area contributed by atoms with E-state index in [1.54, 1.807) is 13.0 Å². The molecule has 60 heavy (non-hydrogen) atoms. The predicted octanol–water partition coefficient (Wildman–Crippen LogP) is 6.91. The summed E-state index contributed by atoms with van der Waals surface area (Å²) in [6.07, 6.45) is 12.7. The lowest BCUT2D eigenvalue weighted by molar-refractivity contribution is -0.213. The summed E-state index contributed by atoms with van der Waals surface area (Å²) in [5, 5.41) is 23.1. The Labute approximate surface area is 353 Å². The van der Waals surface area contributed by atoms with Gasteiger partial charge in [0.15, 0.2) is 22.8 Å². The highest BCUT2D eigenvalue weighted by Crippen LogP contribution is 2.73. The zero-order valence-corrected chi connectivity index (χ0v) is 36.6. The van der Waals surface area contributed by atoms with Crippen molar-refractivity contribution in [1.29, 1.82) is 0 Å². The van der Waals surface area contributed by atoms with Crippen molar-refractivity contribution in [2.24, 2.45) is 46.2 Å². The van der Waals surface area contributed by atoms with Gasteiger partial charge >= 0.3 is 5.97 Å². The number of benzene rings is 1. The van der Waals surface area contributed by atoms with Crippen molar-refractivity contribution in [2.75, 3.05) is 20.3 Å². The van der Waals surface area contributed by atoms with Gasteiger partial charge in [-0.05, 0) is 112 Å². The van der Waals surface area contributed by atoms with Crippen molar-refractivity contribution in [2.45, 2.75) is 123 Å². The summed E-state index contributed by atoms with van der Waals surface area (Å²) in [5.41, 5.74) is 11.6. The van der Waals surface area contributed by atoms with Gasteiger partial charge in [-0.2, -0.15) is 0 Å². The summed E-state index contributed by atoms with van der Waals surface area (Å²) in [7, 11) is 1.28. The van der Waals surface area contributed by atoms with Gasteiger partial charge in [0, 0.05) is 41.7 Å². The number of unbranched alkanes of at least 4 members (excludes halogenated alkanes) is 1. The van der Waals surface area contributed by atoms with Crippen LogP contribution in [0.2, 0.25) is 0 Å². The van der Waals surface area contributed by atoms with Crippen LogP contribution < -0.4 is 25.7 Å². The Kier molecular flexibility index (Phi) is 12.3. The van der Waals surface area contributed by atoms with Crippen LogP contribution in [0, 0.1) is 29.6 Å². The minimum absolute atomic E-state index is 0.0197. The molecule has 326 valence electrons. The van der Waals surface area contributed by atoms with E-state index in [1.807, 2.05) is 52.8 Å². The monoisotopic (exact) mass is 829 g/mol. The summed E-state index contributed by atoms with van der Waals surface area (Å²) in [4.78, 5) is 44.5. The second-order valence-electron chi connectivity index (χ2n) is 18.4. The molecule has 13 heteroatoms. The van der Waals surface area contributed by atoms with Gasteiger partial charge in [-0.3, -0.25) is 9.59 Å². The first kappa shape index (κ1) is 44.7. The largest absolute Gasteiger partial charge is 0.492 e. The van der Waals surface area contributed by atoms with E-state index in [9.17, 15) is 15.1 Å². The Bertz CT molecular complexity index is 2110. The maximum absolute atomic E-state index is 16.2. The van der Waals surface area contributed by atoms with Crippen LogP contribution in [0.4, 0.5) is 0 Å². The molecule has 6 N–H and O–H groups in total. The lowest BCUT2D eigenvalue weighted by Gasteiger charge is -2.64. The molecule has 8 unspecified atom stereocenters. The smallest absolute Gasteiger partial charge is 0.333 e. The maximum atomic E-state index is 16.2. The van der Waals surface area contributed by atoms with E-state index >= 15 is 9.59 Å². The van der Waals surface area contributed by atoms with Crippen molar-refractivity contribution >= 4 is 29.4 Å². The number of allylic oxidation sites excluding steroid dienone is 4. The normalized spacial score (nSPS) is 30.0. The van der Waals surface area contributed by atoms with Crippen LogP contribution in [0.15, 0.2) is 58.5 Å². The van der Waals surface area contributed by atoms with Crippen LogP contribution in [-0.4, -0.2) is 76.4 Å². The van der Waals surface area contributed by atoms with Crippen molar-refractivity contribution in [3.63, 3.8) is 0 Å². The molecule has 0 aromatic heterocycles. The van der Waals surface area contributed by atoms with Crippen LogP contribution in [0.5, 0.6) is 17.2 Å². The number of nitrogens with zero attached hydrogens (tertiary/aromatic N) is 1. The Morgan fingerprint density at radius 2 is 1.75 bits per heavy atom. The SMILES string of the molecule is C=C(N)C(/C(N)=N\O)C1C2CC3C(C)(C)OC(C/C=C(/C)C(=O)OC)(C2=O)C32Oc3c(CC=C(C)C)c4c(c(OCCCCO)c3C(=O)C12)C=CC(C)(CCC=C(C)C)O4. The van der Waals surface area contributed by atoms with Crippen LogP contribution in [0.25, 0.3) is 6.08 Å². The van der Waals surface area contributed by atoms with Crippen LogP contribution in [0.3, 0.4) is 0 Å². The minimum atomic E-state index is -1.77. The fraction of sp³-hybridized carbons (Fsp3) is 0.574. The number of hydrogen-bond donors (Lipinski definition) is 4. The second-order valence-corrected chi connectivity index (χ2v) is 18.4. The number of rotatable bonds is 16. The van der Waals surface area contributed by atoms with Gasteiger partial charge in [-0.15, -0.1) is 0 Å². The molecule has 7 rings (SSSR count). The predicted molar refractivity (Wildman–Crippen MR) is 228 cm³/mol. The molecular formula is C47H63N3O10. The number of carbonyl (C=O) groups is 3. The number of Topliss-reactive ketones (excluding diaryl/α,β-unsaturated/α-hetero) is 2. The van der Waals surface area contributed by atoms with Crippen LogP contribution in [-0.2, 0) is 25.5 Å². The van der Waals surface area contributed by atoms with E-state index in [0.29, 0.717) is 42.6 Å². The zero-order valence-electron chi connectivity index (χ0n) is 36.6. The number of aliphatic hydroxyl groups excluding tert-OH is 1. The lowest BCUT2D eigenvalue weighted by atomic mass is 9.41. The fourth-order valence-corrected chi connectivity index (χ4v) is 10.7. The molecule has 0 amide bonds. The van der Waals surface area contributed by atoms with Crippen molar-refractivity contribution < 1.29 is 48.4 Å². The number of ether oxygens (including phenoxy) is 5. The summed E-state index contributed by atoms with van der Waals surface area (Å²) in [6, 6.07) is 0. The Morgan fingerprint density at radius 1 is 1.05 bits per heavy atom. The molecule has 1 spiro atoms. The Morgan fingerprint density at radius 3 is 2.37 bits per heavy atom. The van der Waals surface area contributed by atoms with E-state index in [-0.39, 0.29) is 71.8 Å². The van der Waals surface area contributed by atoms with E-state index < -0.39 is 58.0 Å². The van der Waals surface area contributed by atoms with Gasteiger partial charge in [0.1, 0.15) is 34.2 Å². The third-order valence-corrected chi connectivity index (χ3v) is 13.3. The van der Waals surface area contributed by atoms with Gasteiger partial charge in [0.25, 0.3) is 0 Å². The molecule has 4 fully saturated rings. The van der Waals surface area contributed by atoms with Gasteiger partial charge in [-0.1, -0.05) is 41.1 Å². The summed E-state index contributed by atoms with van der Waals surface area (Å²) >= 11 is 0. The molecule has 3 saturated carbocycles. The molecule has 3 aliphatic carbocycles. The number of nitrogens with two attached hydrogens (primary N) is 2. The molecule has 1 aromatic carbocycles. The second kappa shape index (κ2) is 16.5. The molecule has 1 aromatic rings. The highest BCUT2D eigenvalue weighted by atomic mass is 16.6. The highest BCUT2D eigenvalue weighted by Gasteiger charge is 2.86. The minimum Gasteiger partial charge on any atom is -0.492 e. The van der Waals surface area contributed by atoms with Crippen molar-refractivity contribution in [1.82, 2.24) is 0 Å². The highest BCUT2D eigenvalue weighted by molar-refractivity contribution is 6.11. The number of amidine groups is 1. The number of oxime groups is 1. The first-order valence-corrected chi connectivity index (χ1v) is 21.0. The van der Waals surface area contributed by atoms with Crippen LogP contribution >= 0.6 is 0 Å². The van der Waals surface area contributed by atoms with Gasteiger partial charge < -0.3 is 45.5 Å². The first-order valence-electron chi connectivity index (χ1n) is 21.0. The number of esters is 1. The lowest BCUT2D eigenvalue weighted by Crippen LogP contribution is -2.79. The number of methoxy groups -OCH3 is 1. The Hall–Kier alpha value is -4.88. The molecule has 3 heterocycles. The van der Waals surface area contributed by atoms with E-state index in [2.05, 4.69) is 31.7 Å². The molecule has 6 aliphatic rings. The average Bonchev–Trinajstić information content (AvgIpc) is 3.32. The fourth-order valence-electron chi connectivity index (χ4n) is 10.7. The summed E-state index contributed by atoms with van der Waals surface area (Å²) in [5.74, 6) is -5.16. The van der Waals surface area contributed by atoms with E-state index in [4.69, 9.17) is 35.2 Å². The van der Waals surface area contributed by atoms with E-state index in [0.717, 1.165) is 12.0 Å². The molecule has 4 bridgehead atoms. The van der Waals surface area contributed by atoms with Gasteiger partial charge in [0.05, 0.1) is 36.7 Å². The molecule has 13 nitrogen and oxygen atoms in total. The molecule has 3 aliphatic heterocycles. The van der Waals surface area contributed by atoms with Crippen LogP contribution in [0.1, 0.15) is 115 Å². The first-order chi connectivity index (χ1) is 28.3. The van der Waals surface area contributed by atoms with E-state index in [1.165, 1.54) is 12.7 Å². The number of fused-ring (bicyclic) bond motifs is 2. The summed E-state index contributed by atoms with van der Waals surface area (Å²) in [6.45, 7) is 19.7. The summed E-state index contributed by atoms with van der Waals surface area (Å²) < 4.78 is 33.4. The van der Waals surface area contributed by atoms with Crippen molar-refractivity contribution in [3.05, 3.63) is 70.0 Å². The van der Waals surface area contributed by atoms with Crippen molar-refractivity contribution in [3.8, 4) is 17.2 Å². The Balaban J connectivity index is 1.71.